The lowest BCUT2D eigenvalue weighted by molar-refractivity contribution is -0.682. The molecule has 0 spiro atoms. The van der Waals surface area contributed by atoms with Gasteiger partial charge in [0.25, 0.3) is 5.91 Å². The molecule has 1 heterocycles. The Labute approximate surface area is 152 Å². The zero-order valence-electron chi connectivity index (χ0n) is 14.3. The van der Waals surface area contributed by atoms with Gasteiger partial charge < -0.3 is 15.6 Å². The molecule has 0 saturated carbocycles. The summed E-state index contributed by atoms with van der Waals surface area (Å²) in [5, 5.41) is 6.98. The average molecular weight is 357 g/mol. The second-order valence-corrected chi connectivity index (χ2v) is 6.68. The molecule has 3 rings (SSSR count). The van der Waals surface area contributed by atoms with Crippen LogP contribution in [-0.2, 0) is 11.2 Å². The van der Waals surface area contributed by atoms with Crippen molar-refractivity contribution in [2.75, 3.05) is 13.1 Å². The summed E-state index contributed by atoms with van der Waals surface area (Å²) in [6.45, 7) is 3.14. The van der Waals surface area contributed by atoms with Gasteiger partial charge in [-0.15, -0.1) is 0 Å². The largest absolute Gasteiger partial charge is 0.361 e. The predicted molar refractivity (Wildman–Crippen MR) is 102 cm³/mol. The van der Waals surface area contributed by atoms with Crippen molar-refractivity contribution >= 4 is 28.4 Å². The molecule has 1 amide bonds. The summed E-state index contributed by atoms with van der Waals surface area (Å²) in [7, 11) is 0. The van der Waals surface area contributed by atoms with Crippen LogP contribution in [0.2, 0.25) is 5.02 Å². The van der Waals surface area contributed by atoms with Gasteiger partial charge in [-0.05, 0) is 37.1 Å². The van der Waals surface area contributed by atoms with E-state index in [9.17, 15) is 4.79 Å². The fourth-order valence-electron chi connectivity index (χ4n) is 2.93. The first-order chi connectivity index (χ1) is 12.1. The van der Waals surface area contributed by atoms with Gasteiger partial charge in [0.1, 0.15) is 6.04 Å². The number of hydrogen-bond acceptors (Lipinski definition) is 1. The summed E-state index contributed by atoms with van der Waals surface area (Å²) in [5.74, 6) is 0.0562. The number of aromatic nitrogens is 1. The van der Waals surface area contributed by atoms with Gasteiger partial charge in [0.2, 0.25) is 0 Å². The van der Waals surface area contributed by atoms with E-state index in [-0.39, 0.29) is 11.9 Å². The highest BCUT2D eigenvalue weighted by atomic mass is 35.5. The van der Waals surface area contributed by atoms with Crippen LogP contribution in [0, 0.1) is 0 Å². The zero-order valence-corrected chi connectivity index (χ0v) is 15.0. The molecule has 130 valence electrons. The number of benzene rings is 2. The lowest BCUT2D eigenvalue weighted by Gasteiger charge is -2.11. The summed E-state index contributed by atoms with van der Waals surface area (Å²) in [6.07, 6.45) is 2.84. The minimum atomic E-state index is 0.0562. The number of quaternary nitrogens is 1. The van der Waals surface area contributed by atoms with E-state index < -0.39 is 0 Å². The summed E-state index contributed by atoms with van der Waals surface area (Å²) in [4.78, 5) is 15.3. The van der Waals surface area contributed by atoms with Crippen LogP contribution in [0.5, 0.6) is 0 Å². The highest BCUT2D eigenvalue weighted by molar-refractivity contribution is 6.30. The third kappa shape index (κ3) is 4.62. The Morgan fingerprint density at radius 1 is 1.20 bits per heavy atom. The smallest absolute Gasteiger partial charge is 0.275 e. The average Bonchev–Trinajstić information content (AvgIpc) is 3.04. The monoisotopic (exact) mass is 356 g/mol. The van der Waals surface area contributed by atoms with Crippen molar-refractivity contribution in [3.05, 3.63) is 70.9 Å². The molecule has 0 unspecified atom stereocenters. The number of nitrogens with two attached hydrogens (primary N) is 1. The van der Waals surface area contributed by atoms with Gasteiger partial charge in [0.15, 0.2) is 6.54 Å². The normalized spacial score (nSPS) is 12.2. The van der Waals surface area contributed by atoms with Crippen LogP contribution in [-0.4, -0.2) is 24.0 Å². The molecule has 0 aliphatic carbocycles. The van der Waals surface area contributed by atoms with Gasteiger partial charge in [-0.2, -0.15) is 0 Å². The van der Waals surface area contributed by atoms with Crippen molar-refractivity contribution < 1.29 is 10.1 Å². The van der Waals surface area contributed by atoms with Crippen LogP contribution in [0.25, 0.3) is 10.9 Å². The molecular weight excluding hydrogens is 334 g/mol. The fourth-order valence-corrected chi connectivity index (χ4v) is 3.06. The molecule has 0 fully saturated rings. The number of para-hydroxylation sites is 1. The molecule has 0 radical (unpaired) electrons. The fraction of sp³-hybridized carbons (Fsp3) is 0.250. The molecule has 0 aliphatic rings. The van der Waals surface area contributed by atoms with Crippen LogP contribution >= 0.6 is 11.6 Å². The molecular formula is C20H23ClN3O+. The number of rotatable bonds is 7. The van der Waals surface area contributed by atoms with Gasteiger partial charge >= 0.3 is 0 Å². The van der Waals surface area contributed by atoms with Crippen molar-refractivity contribution in [3.8, 4) is 0 Å². The molecule has 0 bridgehead atoms. The first-order valence-electron chi connectivity index (χ1n) is 8.54. The summed E-state index contributed by atoms with van der Waals surface area (Å²) >= 11 is 5.90. The summed E-state index contributed by atoms with van der Waals surface area (Å²) < 4.78 is 0. The quantitative estimate of drug-likeness (QED) is 0.599. The van der Waals surface area contributed by atoms with Gasteiger partial charge in [-0.1, -0.05) is 41.9 Å². The van der Waals surface area contributed by atoms with E-state index in [0.29, 0.717) is 13.1 Å². The van der Waals surface area contributed by atoms with Crippen LogP contribution in [0.15, 0.2) is 54.7 Å². The molecule has 4 N–H and O–H groups in total. The van der Waals surface area contributed by atoms with Gasteiger partial charge in [0, 0.05) is 34.2 Å². The topological polar surface area (TPSA) is 61.5 Å². The molecule has 25 heavy (non-hydrogen) atoms. The van der Waals surface area contributed by atoms with E-state index in [2.05, 4.69) is 29.4 Å². The molecule has 2 aromatic carbocycles. The van der Waals surface area contributed by atoms with Crippen molar-refractivity contribution in [2.24, 2.45) is 0 Å². The van der Waals surface area contributed by atoms with Gasteiger partial charge in [-0.3, -0.25) is 4.79 Å². The number of hydrogen-bond donors (Lipinski definition) is 3. The van der Waals surface area contributed by atoms with E-state index in [0.717, 1.165) is 22.5 Å². The number of aromatic amines is 1. The molecule has 3 aromatic rings. The van der Waals surface area contributed by atoms with E-state index in [1.165, 1.54) is 10.9 Å². The number of carbonyl (C=O) groups is 1. The Morgan fingerprint density at radius 3 is 2.76 bits per heavy atom. The number of halogens is 1. The van der Waals surface area contributed by atoms with Crippen LogP contribution in [0.1, 0.15) is 24.1 Å². The standard InChI is InChI=1S/C20H22ClN3O/c1-14(15-6-8-17(21)9-7-15)23-13-20(25)22-11-10-16-12-24-19-5-3-2-4-18(16)19/h2-9,12,14,23-24H,10-11,13H2,1H3,(H,22,25)/p+1/t14-/m0/s1. The number of carbonyl (C=O) groups excluding carboxylic acids is 1. The van der Waals surface area contributed by atoms with E-state index in [4.69, 9.17) is 11.6 Å². The van der Waals surface area contributed by atoms with Gasteiger partial charge in [0.05, 0.1) is 0 Å². The van der Waals surface area contributed by atoms with E-state index in [1.807, 2.05) is 47.9 Å². The first-order valence-corrected chi connectivity index (χ1v) is 8.92. The SMILES string of the molecule is C[C@H]([NH2+]CC(=O)NCCc1c[nH]c2ccccc12)c1ccc(Cl)cc1. The van der Waals surface area contributed by atoms with E-state index >= 15 is 0 Å². The molecule has 5 heteroatoms. The van der Waals surface area contributed by atoms with Crippen LogP contribution in [0.4, 0.5) is 0 Å². The molecule has 1 atom stereocenters. The number of H-pyrrole nitrogens is 1. The Balaban J connectivity index is 1.43. The minimum Gasteiger partial charge on any atom is -0.361 e. The Hall–Kier alpha value is -2.30. The summed E-state index contributed by atoms with van der Waals surface area (Å²) in [6, 6.07) is 16.2. The highest BCUT2D eigenvalue weighted by Gasteiger charge is 2.11. The zero-order chi connectivity index (χ0) is 17.6. The Kier molecular flexibility index (Phi) is 5.74. The van der Waals surface area contributed by atoms with Crippen molar-refractivity contribution in [1.29, 1.82) is 0 Å². The number of nitrogens with one attached hydrogen (secondary N) is 2. The maximum Gasteiger partial charge on any atom is 0.275 e. The van der Waals surface area contributed by atoms with E-state index in [1.54, 1.807) is 0 Å². The number of fused-ring (bicyclic) bond motifs is 1. The molecule has 0 aliphatic heterocycles. The lowest BCUT2D eigenvalue weighted by Crippen LogP contribution is -2.87. The molecule has 1 aromatic heterocycles. The minimum absolute atomic E-state index is 0.0562. The second kappa shape index (κ2) is 8.19. The second-order valence-electron chi connectivity index (χ2n) is 6.24. The Morgan fingerprint density at radius 2 is 1.96 bits per heavy atom. The highest BCUT2D eigenvalue weighted by Crippen LogP contribution is 2.17. The first kappa shape index (κ1) is 17.5. The Bertz CT molecular complexity index is 842. The van der Waals surface area contributed by atoms with Crippen molar-refractivity contribution in [1.82, 2.24) is 10.3 Å². The lowest BCUT2D eigenvalue weighted by atomic mass is 10.1. The molecule has 0 saturated heterocycles. The van der Waals surface area contributed by atoms with Gasteiger partial charge in [-0.25, -0.2) is 0 Å². The third-order valence-electron chi connectivity index (χ3n) is 4.44. The predicted octanol–water partition coefficient (Wildman–Crippen LogP) is 2.80. The van der Waals surface area contributed by atoms with Crippen molar-refractivity contribution in [3.63, 3.8) is 0 Å². The summed E-state index contributed by atoms with van der Waals surface area (Å²) in [5.41, 5.74) is 3.53. The maximum atomic E-state index is 12.1. The maximum absolute atomic E-state index is 12.1. The molecule has 4 nitrogen and oxygen atoms in total. The van der Waals surface area contributed by atoms with Crippen molar-refractivity contribution in [2.45, 2.75) is 19.4 Å². The van der Waals surface area contributed by atoms with Crippen LogP contribution < -0.4 is 10.6 Å². The number of amides is 1. The van der Waals surface area contributed by atoms with Crippen LogP contribution in [0.3, 0.4) is 0 Å². The third-order valence-corrected chi connectivity index (χ3v) is 4.70.